The van der Waals surface area contributed by atoms with Crippen molar-refractivity contribution in [3.05, 3.63) is 52.0 Å². The first-order valence-electron chi connectivity index (χ1n) is 10.1. The number of nitrogens with zero attached hydrogens (tertiary/aromatic N) is 1. The van der Waals surface area contributed by atoms with Crippen LogP contribution in [0.4, 0.5) is 0 Å². The van der Waals surface area contributed by atoms with Crippen molar-refractivity contribution >= 4 is 21.8 Å². The number of methoxy groups -OCH3 is 1. The van der Waals surface area contributed by atoms with E-state index < -0.39 is 0 Å². The molecular formula is C23H26BrNO4. The van der Waals surface area contributed by atoms with Gasteiger partial charge in [0.25, 0.3) is 0 Å². The van der Waals surface area contributed by atoms with E-state index in [1.807, 2.05) is 41.3 Å². The van der Waals surface area contributed by atoms with Gasteiger partial charge in [0, 0.05) is 17.1 Å². The molecule has 1 aliphatic carbocycles. The topological polar surface area (TPSA) is 48.0 Å². The predicted octanol–water partition coefficient (Wildman–Crippen LogP) is 4.60. The number of hydrogen-bond donors (Lipinski definition) is 0. The molecule has 4 rings (SSSR count). The zero-order valence-corrected chi connectivity index (χ0v) is 18.4. The SMILES string of the molecule is COc1ccc(CN(C(=O)Cc2cc3c(cc2Br)OCCO3)C(C)C2CC2)cc1. The highest BCUT2D eigenvalue weighted by molar-refractivity contribution is 9.10. The minimum Gasteiger partial charge on any atom is -0.497 e. The summed E-state index contributed by atoms with van der Waals surface area (Å²) in [6.45, 7) is 3.84. The molecule has 1 fully saturated rings. The molecule has 0 saturated heterocycles. The number of rotatable bonds is 7. The van der Waals surface area contributed by atoms with Gasteiger partial charge in [-0.15, -0.1) is 0 Å². The van der Waals surface area contributed by atoms with Crippen LogP contribution in [-0.2, 0) is 17.8 Å². The van der Waals surface area contributed by atoms with Crippen molar-refractivity contribution in [3.63, 3.8) is 0 Å². The molecule has 1 unspecified atom stereocenters. The van der Waals surface area contributed by atoms with Crippen molar-refractivity contribution in [3.8, 4) is 17.2 Å². The van der Waals surface area contributed by atoms with E-state index in [0.717, 1.165) is 27.1 Å². The summed E-state index contributed by atoms with van der Waals surface area (Å²) in [5.41, 5.74) is 2.02. The highest BCUT2D eigenvalue weighted by Gasteiger charge is 2.34. The van der Waals surface area contributed by atoms with Crippen LogP contribution in [0.25, 0.3) is 0 Å². The van der Waals surface area contributed by atoms with Crippen LogP contribution in [0, 0.1) is 5.92 Å². The molecule has 2 aromatic carbocycles. The van der Waals surface area contributed by atoms with Gasteiger partial charge in [-0.05, 0) is 61.1 Å². The average molecular weight is 460 g/mol. The second kappa shape index (κ2) is 8.66. The Morgan fingerprint density at radius 3 is 2.45 bits per heavy atom. The van der Waals surface area contributed by atoms with E-state index in [-0.39, 0.29) is 11.9 Å². The number of benzene rings is 2. The van der Waals surface area contributed by atoms with Gasteiger partial charge in [-0.2, -0.15) is 0 Å². The maximum absolute atomic E-state index is 13.3. The molecule has 1 aliphatic heterocycles. The standard InChI is InChI=1S/C23H26BrNO4/c1-15(17-5-6-17)25(14-16-3-7-19(27-2)8-4-16)23(26)12-18-11-21-22(13-20(18)24)29-10-9-28-21/h3-4,7-8,11,13,15,17H,5-6,9-10,12,14H2,1-2H3. The Bertz CT molecular complexity index is 879. The zero-order valence-electron chi connectivity index (χ0n) is 16.8. The molecular weight excluding hydrogens is 434 g/mol. The molecule has 0 spiro atoms. The van der Waals surface area contributed by atoms with E-state index in [2.05, 4.69) is 22.9 Å². The lowest BCUT2D eigenvalue weighted by Crippen LogP contribution is -2.40. The fraction of sp³-hybridized carbons (Fsp3) is 0.435. The van der Waals surface area contributed by atoms with Gasteiger partial charge in [-0.3, -0.25) is 4.79 Å². The van der Waals surface area contributed by atoms with Crippen molar-refractivity contribution in [1.29, 1.82) is 0 Å². The maximum Gasteiger partial charge on any atom is 0.227 e. The fourth-order valence-electron chi connectivity index (χ4n) is 3.73. The van der Waals surface area contributed by atoms with Crippen molar-refractivity contribution in [2.24, 2.45) is 5.92 Å². The lowest BCUT2D eigenvalue weighted by atomic mass is 10.1. The van der Waals surface area contributed by atoms with E-state index >= 15 is 0 Å². The monoisotopic (exact) mass is 459 g/mol. The summed E-state index contributed by atoms with van der Waals surface area (Å²) in [6.07, 6.45) is 2.72. The minimum absolute atomic E-state index is 0.123. The molecule has 0 aromatic heterocycles. The van der Waals surface area contributed by atoms with Gasteiger partial charge in [0.05, 0.1) is 13.5 Å². The summed E-state index contributed by atoms with van der Waals surface area (Å²) in [4.78, 5) is 15.4. The molecule has 1 heterocycles. The van der Waals surface area contributed by atoms with Crippen molar-refractivity contribution in [1.82, 2.24) is 4.90 Å². The smallest absolute Gasteiger partial charge is 0.227 e. The first kappa shape index (κ1) is 20.1. The highest BCUT2D eigenvalue weighted by Crippen LogP contribution is 2.38. The average Bonchev–Trinajstić information content (AvgIpc) is 3.58. The van der Waals surface area contributed by atoms with Crippen LogP contribution in [0.15, 0.2) is 40.9 Å². The molecule has 2 aromatic rings. The minimum atomic E-state index is 0.123. The van der Waals surface area contributed by atoms with Gasteiger partial charge < -0.3 is 19.1 Å². The summed E-state index contributed by atoms with van der Waals surface area (Å²) in [6, 6.07) is 12.0. The van der Waals surface area contributed by atoms with Crippen LogP contribution in [0.2, 0.25) is 0 Å². The summed E-state index contributed by atoms with van der Waals surface area (Å²) >= 11 is 3.59. The fourth-order valence-corrected chi connectivity index (χ4v) is 4.19. The zero-order chi connectivity index (χ0) is 20.4. The third-order valence-electron chi connectivity index (χ3n) is 5.68. The molecule has 6 heteroatoms. The molecule has 29 heavy (non-hydrogen) atoms. The van der Waals surface area contributed by atoms with E-state index in [0.29, 0.717) is 37.8 Å². The number of ether oxygens (including phenoxy) is 3. The van der Waals surface area contributed by atoms with Crippen molar-refractivity contribution in [2.45, 2.75) is 38.8 Å². The third kappa shape index (κ3) is 4.69. The van der Waals surface area contributed by atoms with E-state index in [9.17, 15) is 4.79 Å². The summed E-state index contributed by atoms with van der Waals surface area (Å²) in [5.74, 6) is 2.97. The first-order valence-corrected chi connectivity index (χ1v) is 10.8. The Labute approximate surface area is 180 Å². The molecule has 1 saturated carbocycles. The van der Waals surface area contributed by atoms with Gasteiger partial charge in [-0.1, -0.05) is 28.1 Å². The van der Waals surface area contributed by atoms with Gasteiger partial charge >= 0.3 is 0 Å². The van der Waals surface area contributed by atoms with Crippen molar-refractivity contribution in [2.75, 3.05) is 20.3 Å². The summed E-state index contributed by atoms with van der Waals surface area (Å²) < 4.78 is 17.4. The number of carbonyl (C=O) groups excluding carboxylic acids is 1. The third-order valence-corrected chi connectivity index (χ3v) is 6.42. The van der Waals surface area contributed by atoms with Gasteiger partial charge in [0.15, 0.2) is 11.5 Å². The van der Waals surface area contributed by atoms with Gasteiger partial charge in [0.2, 0.25) is 5.91 Å². The lowest BCUT2D eigenvalue weighted by molar-refractivity contribution is -0.133. The Hall–Kier alpha value is -2.21. The van der Waals surface area contributed by atoms with Crippen LogP contribution >= 0.6 is 15.9 Å². The van der Waals surface area contributed by atoms with Crippen LogP contribution in [0.1, 0.15) is 30.9 Å². The summed E-state index contributed by atoms with van der Waals surface area (Å²) in [5, 5.41) is 0. The molecule has 0 radical (unpaired) electrons. The first-order chi connectivity index (χ1) is 14.0. The molecule has 1 amide bonds. The van der Waals surface area contributed by atoms with E-state index in [1.54, 1.807) is 7.11 Å². The van der Waals surface area contributed by atoms with Gasteiger partial charge in [-0.25, -0.2) is 0 Å². The van der Waals surface area contributed by atoms with Gasteiger partial charge in [0.1, 0.15) is 19.0 Å². The van der Waals surface area contributed by atoms with E-state index in [4.69, 9.17) is 14.2 Å². The Morgan fingerprint density at radius 1 is 1.17 bits per heavy atom. The number of carbonyl (C=O) groups is 1. The number of halogens is 1. The number of hydrogen-bond acceptors (Lipinski definition) is 4. The Morgan fingerprint density at radius 2 is 1.83 bits per heavy atom. The second-order valence-electron chi connectivity index (χ2n) is 7.71. The summed E-state index contributed by atoms with van der Waals surface area (Å²) in [7, 11) is 1.66. The molecule has 1 atom stereocenters. The van der Waals surface area contributed by atoms with E-state index in [1.165, 1.54) is 12.8 Å². The molecule has 2 aliphatic rings. The predicted molar refractivity (Wildman–Crippen MR) is 115 cm³/mol. The molecule has 0 bridgehead atoms. The van der Waals surface area contributed by atoms with Crippen molar-refractivity contribution < 1.29 is 19.0 Å². The molecule has 154 valence electrons. The highest BCUT2D eigenvalue weighted by atomic mass is 79.9. The quantitative estimate of drug-likeness (QED) is 0.606. The maximum atomic E-state index is 13.3. The van der Waals surface area contributed by atoms with Crippen LogP contribution in [-0.4, -0.2) is 37.2 Å². The number of amides is 1. The Kier molecular flexibility index (Phi) is 5.99. The van der Waals surface area contributed by atoms with Crippen LogP contribution in [0.3, 0.4) is 0 Å². The van der Waals surface area contributed by atoms with Crippen LogP contribution < -0.4 is 14.2 Å². The van der Waals surface area contributed by atoms with Crippen LogP contribution in [0.5, 0.6) is 17.2 Å². The largest absolute Gasteiger partial charge is 0.497 e. The molecule has 5 nitrogen and oxygen atoms in total. The lowest BCUT2D eigenvalue weighted by Gasteiger charge is -2.30. The second-order valence-corrected chi connectivity index (χ2v) is 8.57. The molecule has 0 N–H and O–H groups in total. The number of fused-ring (bicyclic) bond motifs is 1. The Balaban J connectivity index is 1.53. The normalized spacial score (nSPS) is 16.2.